The molecule has 0 bridgehead atoms. The Bertz CT molecular complexity index is 1040. The van der Waals surface area contributed by atoms with Crippen molar-refractivity contribution < 1.29 is 0 Å². The van der Waals surface area contributed by atoms with E-state index in [0.717, 1.165) is 10.2 Å². The Labute approximate surface area is 152 Å². The van der Waals surface area contributed by atoms with Crippen molar-refractivity contribution in [2.24, 2.45) is 0 Å². The van der Waals surface area contributed by atoms with Crippen LogP contribution in [0, 0.1) is 0 Å². The van der Waals surface area contributed by atoms with E-state index in [4.69, 9.17) is 0 Å². The molecule has 4 heteroatoms. The Kier molecular flexibility index (Phi) is 3.21. The highest BCUT2D eigenvalue weighted by atomic mass is 79.9. The number of halogens is 1. The zero-order valence-electron chi connectivity index (χ0n) is 12.7. The molecule has 0 aliphatic carbocycles. The normalized spacial score (nSPS) is 13.3. The van der Waals surface area contributed by atoms with E-state index < -0.39 is 0 Å². The van der Waals surface area contributed by atoms with E-state index >= 15 is 0 Å². The van der Waals surface area contributed by atoms with Crippen LogP contribution in [0.1, 0.15) is 0 Å². The number of hydrogen-bond acceptors (Lipinski definition) is 3. The van der Waals surface area contributed by atoms with E-state index in [0.29, 0.717) is 0 Å². The van der Waals surface area contributed by atoms with Crippen molar-refractivity contribution in [3.63, 3.8) is 0 Å². The molecule has 0 fully saturated rings. The third-order valence-corrected chi connectivity index (χ3v) is 5.80. The molecular formula is C20H13BrN2S. The van der Waals surface area contributed by atoms with Crippen LogP contribution in [0.2, 0.25) is 0 Å². The first kappa shape index (κ1) is 14.2. The number of benzene rings is 4. The zero-order chi connectivity index (χ0) is 16.1. The minimum absolute atomic E-state index is 1.08. The van der Waals surface area contributed by atoms with Crippen molar-refractivity contribution in [2.75, 3.05) is 9.84 Å². The van der Waals surface area contributed by atoms with Gasteiger partial charge in [0.15, 0.2) is 0 Å². The minimum Gasteiger partial charge on any atom is -0.287 e. The molecule has 1 aliphatic rings. The molecule has 4 aromatic rings. The topological polar surface area (TPSA) is 15.3 Å². The molecule has 2 nitrogen and oxygen atoms in total. The molecule has 5 rings (SSSR count). The van der Waals surface area contributed by atoms with Crippen LogP contribution in [0.4, 0.5) is 11.4 Å². The third kappa shape index (κ3) is 2.18. The van der Waals surface area contributed by atoms with Gasteiger partial charge in [0, 0.05) is 27.2 Å². The summed E-state index contributed by atoms with van der Waals surface area (Å²) in [7, 11) is 0. The summed E-state index contributed by atoms with van der Waals surface area (Å²) in [5.74, 6) is 0. The molecule has 116 valence electrons. The summed E-state index contributed by atoms with van der Waals surface area (Å²) in [6, 6.07) is 25.7. The third-order valence-electron chi connectivity index (χ3n) is 4.30. The Balaban J connectivity index is 1.76. The van der Waals surface area contributed by atoms with Crippen LogP contribution in [0.25, 0.3) is 21.5 Å². The summed E-state index contributed by atoms with van der Waals surface area (Å²) in [5.41, 5.74) is 5.88. The highest BCUT2D eigenvalue weighted by molar-refractivity contribution is 9.10. The van der Waals surface area contributed by atoms with Gasteiger partial charge in [-0.05, 0) is 35.0 Å². The van der Waals surface area contributed by atoms with Crippen LogP contribution in [0.3, 0.4) is 0 Å². The summed E-state index contributed by atoms with van der Waals surface area (Å²) in [6.45, 7) is 0. The predicted octanol–water partition coefficient (Wildman–Crippen LogP) is 6.61. The Morgan fingerprint density at radius 3 is 2.17 bits per heavy atom. The number of hydrazine groups is 1. The van der Waals surface area contributed by atoms with E-state index in [2.05, 4.69) is 98.6 Å². The van der Waals surface area contributed by atoms with Crippen molar-refractivity contribution in [3.8, 4) is 0 Å². The van der Waals surface area contributed by atoms with Crippen LogP contribution in [-0.2, 0) is 0 Å². The highest BCUT2D eigenvalue weighted by Crippen LogP contribution is 2.46. The SMILES string of the molecule is Brc1ccc2c(c1)NN(c1c3ccccc3cc3ccccc13)S2. The van der Waals surface area contributed by atoms with Gasteiger partial charge < -0.3 is 0 Å². The zero-order valence-corrected chi connectivity index (χ0v) is 15.1. The molecule has 0 spiro atoms. The van der Waals surface area contributed by atoms with Crippen LogP contribution in [-0.4, -0.2) is 0 Å². The van der Waals surface area contributed by atoms with E-state index in [-0.39, 0.29) is 0 Å². The van der Waals surface area contributed by atoms with Crippen molar-refractivity contribution in [1.29, 1.82) is 0 Å². The van der Waals surface area contributed by atoms with Crippen LogP contribution in [0.15, 0.2) is 82.2 Å². The van der Waals surface area contributed by atoms with Gasteiger partial charge in [-0.3, -0.25) is 5.43 Å². The molecule has 0 aromatic heterocycles. The lowest BCUT2D eigenvalue weighted by Gasteiger charge is -2.21. The molecule has 4 aromatic carbocycles. The summed E-state index contributed by atoms with van der Waals surface area (Å²) in [5, 5.41) is 5.02. The van der Waals surface area contributed by atoms with Gasteiger partial charge in [-0.15, -0.1) is 0 Å². The maximum absolute atomic E-state index is 3.55. The Hall–Kier alpha value is -2.17. The largest absolute Gasteiger partial charge is 0.287 e. The second kappa shape index (κ2) is 5.43. The first-order chi connectivity index (χ1) is 11.8. The molecule has 1 heterocycles. The van der Waals surface area contributed by atoms with Gasteiger partial charge in [0.1, 0.15) is 0 Å². The van der Waals surface area contributed by atoms with Crippen molar-refractivity contribution >= 4 is 60.8 Å². The van der Waals surface area contributed by atoms with Crippen LogP contribution >= 0.6 is 27.9 Å². The van der Waals surface area contributed by atoms with Gasteiger partial charge in [-0.2, -0.15) is 0 Å². The average molecular weight is 393 g/mol. The van der Waals surface area contributed by atoms with E-state index in [1.807, 2.05) is 0 Å². The number of fused-ring (bicyclic) bond motifs is 3. The molecular weight excluding hydrogens is 380 g/mol. The quantitative estimate of drug-likeness (QED) is 0.289. The first-order valence-electron chi connectivity index (χ1n) is 7.74. The number of hydrogen-bond donors (Lipinski definition) is 1. The van der Waals surface area contributed by atoms with Gasteiger partial charge in [0.25, 0.3) is 0 Å². The lowest BCUT2D eigenvalue weighted by atomic mass is 10.0. The van der Waals surface area contributed by atoms with Gasteiger partial charge in [0.2, 0.25) is 0 Å². The van der Waals surface area contributed by atoms with Crippen LogP contribution < -0.4 is 9.84 Å². The molecule has 24 heavy (non-hydrogen) atoms. The van der Waals surface area contributed by atoms with Gasteiger partial charge in [-0.1, -0.05) is 64.5 Å². The van der Waals surface area contributed by atoms with E-state index in [9.17, 15) is 0 Å². The molecule has 0 radical (unpaired) electrons. The average Bonchev–Trinajstić information content (AvgIpc) is 3.02. The smallest absolute Gasteiger partial charge is 0.0861 e. The molecule has 0 amide bonds. The molecule has 0 unspecified atom stereocenters. The maximum Gasteiger partial charge on any atom is 0.0861 e. The predicted molar refractivity (Wildman–Crippen MR) is 108 cm³/mol. The minimum atomic E-state index is 1.08. The summed E-state index contributed by atoms with van der Waals surface area (Å²) >= 11 is 5.28. The maximum atomic E-state index is 3.55. The van der Waals surface area contributed by atoms with Crippen molar-refractivity contribution in [1.82, 2.24) is 0 Å². The lowest BCUT2D eigenvalue weighted by molar-refractivity contribution is 1.33. The molecule has 1 aliphatic heterocycles. The van der Waals surface area contributed by atoms with Gasteiger partial charge in [0.05, 0.1) is 16.3 Å². The standard InChI is InChI=1S/C20H13BrN2S/c21-15-9-10-19-18(12-15)22-23(24-19)20-16-7-3-1-5-13(16)11-14-6-2-4-8-17(14)20/h1-12,22H. The Morgan fingerprint density at radius 2 is 1.46 bits per heavy atom. The fourth-order valence-corrected chi connectivity index (χ4v) is 4.53. The molecule has 0 atom stereocenters. The molecule has 1 N–H and O–H groups in total. The lowest BCUT2D eigenvalue weighted by Crippen LogP contribution is -2.17. The highest BCUT2D eigenvalue weighted by Gasteiger charge is 2.23. The second-order valence-corrected chi connectivity index (χ2v) is 7.71. The summed E-state index contributed by atoms with van der Waals surface area (Å²) < 4.78 is 3.26. The summed E-state index contributed by atoms with van der Waals surface area (Å²) in [4.78, 5) is 1.23. The first-order valence-corrected chi connectivity index (χ1v) is 9.31. The Morgan fingerprint density at radius 1 is 0.792 bits per heavy atom. The number of nitrogens with zero attached hydrogens (tertiary/aromatic N) is 1. The van der Waals surface area contributed by atoms with E-state index in [1.165, 1.54) is 32.1 Å². The van der Waals surface area contributed by atoms with Crippen molar-refractivity contribution in [2.45, 2.75) is 4.90 Å². The fourth-order valence-electron chi connectivity index (χ4n) is 3.21. The van der Waals surface area contributed by atoms with Gasteiger partial charge in [-0.25, -0.2) is 4.41 Å². The monoisotopic (exact) mass is 392 g/mol. The number of rotatable bonds is 1. The summed E-state index contributed by atoms with van der Waals surface area (Å²) in [6.07, 6.45) is 0. The number of anilines is 2. The fraction of sp³-hybridized carbons (Fsp3) is 0. The van der Waals surface area contributed by atoms with Crippen molar-refractivity contribution in [3.05, 3.63) is 77.3 Å². The molecule has 0 saturated heterocycles. The van der Waals surface area contributed by atoms with E-state index in [1.54, 1.807) is 11.9 Å². The number of nitrogens with one attached hydrogen (secondary N) is 1. The van der Waals surface area contributed by atoms with Gasteiger partial charge >= 0.3 is 0 Å². The molecule has 0 saturated carbocycles. The van der Waals surface area contributed by atoms with Crippen LogP contribution in [0.5, 0.6) is 0 Å². The second-order valence-electron chi connectivity index (χ2n) is 5.81.